The van der Waals surface area contributed by atoms with Crippen molar-refractivity contribution in [2.75, 3.05) is 20.1 Å². The quantitative estimate of drug-likeness (QED) is 0.746. The van der Waals surface area contributed by atoms with Crippen molar-refractivity contribution in [2.45, 2.75) is 44.9 Å². The van der Waals surface area contributed by atoms with E-state index in [2.05, 4.69) is 10.6 Å². The van der Waals surface area contributed by atoms with Gasteiger partial charge < -0.3 is 10.6 Å². The van der Waals surface area contributed by atoms with Crippen LogP contribution in [-0.2, 0) is 4.79 Å². The van der Waals surface area contributed by atoms with Crippen LogP contribution in [0.15, 0.2) is 0 Å². The van der Waals surface area contributed by atoms with Gasteiger partial charge >= 0.3 is 0 Å². The van der Waals surface area contributed by atoms with E-state index >= 15 is 0 Å². The molecule has 0 radical (unpaired) electrons. The minimum atomic E-state index is -0.0760. The predicted molar refractivity (Wildman–Crippen MR) is 65.2 cm³/mol. The third-order valence-corrected chi connectivity index (χ3v) is 4.33. The summed E-state index contributed by atoms with van der Waals surface area (Å²) >= 11 is 0. The molecule has 0 atom stereocenters. The van der Waals surface area contributed by atoms with Gasteiger partial charge in [-0.2, -0.15) is 0 Å². The normalized spacial score (nSPS) is 24.1. The van der Waals surface area contributed by atoms with E-state index in [9.17, 15) is 4.79 Å². The lowest BCUT2D eigenvalue weighted by atomic mass is 9.68. The minimum Gasteiger partial charge on any atom is -0.355 e. The molecule has 3 heteroatoms. The van der Waals surface area contributed by atoms with Gasteiger partial charge in [0.05, 0.1) is 5.41 Å². The van der Waals surface area contributed by atoms with Gasteiger partial charge in [0.25, 0.3) is 0 Å². The maximum atomic E-state index is 12.1. The van der Waals surface area contributed by atoms with Crippen LogP contribution in [0, 0.1) is 11.3 Å². The van der Waals surface area contributed by atoms with Crippen LogP contribution < -0.4 is 10.6 Å². The van der Waals surface area contributed by atoms with Crippen LogP contribution in [0.4, 0.5) is 0 Å². The summed E-state index contributed by atoms with van der Waals surface area (Å²) in [6.07, 6.45) is 8.64. The number of hydrogen-bond acceptors (Lipinski definition) is 2. The summed E-state index contributed by atoms with van der Waals surface area (Å²) in [6.45, 7) is 1.74. The van der Waals surface area contributed by atoms with Crippen LogP contribution in [0.3, 0.4) is 0 Å². The number of amides is 1. The first-order valence-electron chi connectivity index (χ1n) is 6.70. The molecule has 0 spiro atoms. The van der Waals surface area contributed by atoms with Gasteiger partial charge in [-0.25, -0.2) is 0 Å². The lowest BCUT2D eigenvalue weighted by Gasteiger charge is -2.40. The lowest BCUT2D eigenvalue weighted by Crippen LogP contribution is -2.51. The highest BCUT2D eigenvalue weighted by atomic mass is 16.2. The van der Waals surface area contributed by atoms with Gasteiger partial charge in [-0.1, -0.05) is 19.3 Å². The molecule has 92 valence electrons. The zero-order chi connectivity index (χ0) is 11.4. The monoisotopic (exact) mass is 224 g/mol. The second kappa shape index (κ2) is 5.17. The van der Waals surface area contributed by atoms with Crippen LogP contribution in [-0.4, -0.2) is 26.0 Å². The van der Waals surface area contributed by atoms with Crippen molar-refractivity contribution < 1.29 is 4.79 Å². The van der Waals surface area contributed by atoms with E-state index in [1.54, 1.807) is 0 Å². The Labute approximate surface area is 98.4 Å². The highest BCUT2D eigenvalue weighted by Gasteiger charge is 2.43. The van der Waals surface area contributed by atoms with E-state index in [1.165, 1.54) is 32.1 Å². The molecule has 0 aliphatic heterocycles. The number of nitrogens with one attached hydrogen (secondary N) is 2. The average Bonchev–Trinajstić information content (AvgIpc) is 2.72. The smallest absolute Gasteiger partial charge is 0.227 e. The van der Waals surface area contributed by atoms with Crippen LogP contribution in [0.1, 0.15) is 44.9 Å². The highest BCUT2D eigenvalue weighted by Crippen LogP contribution is 2.40. The fourth-order valence-corrected chi connectivity index (χ4v) is 3.07. The summed E-state index contributed by atoms with van der Waals surface area (Å²) in [5, 5.41) is 6.33. The molecule has 2 N–H and O–H groups in total. The van der Waals surface area contributed by atoms with E-state index < -0.39 is 0 Å². The largest absolute Gasteiger partial charge is 0.355 e. The fraction of sp³-hybridized carbons (Fsp3) is 0.923. The van der Waals surface area contributed by atoms with Crippen LogP contribution in [0.25, 0.3) is 0 Å². The molecule has 0 saturated heterocycles. The molecular formula is C13H24N2O. The maximum absolute atomic E-state index is 12.1. The Morgan fingerprint density at radius 2 is 1.94 bits per heavy atom. The molecule has 2 aliphatic carbocycles. The molecule has 2 aliphatic rings. The molecule has 0 aromatic carbocycles. The van der Waals surface area contributed by atoms with Gasteiger partial charge in [0.15, 0.2) is 0 Å². The molecule has 2 saturated carbocycles. The van der Waals surface area contributed by atoms with Crippen LogP contribution in [0.5, 0.6) is 0 Å². The summed E-state index contributed by atoms with van der Waals surface area (Å²) in [6, 6.07) is 0. The first-order valence-corrected chi connectivity index (χ1v) is 6.70. The van der Waals surface area contributed by atoms with Crippen molar-refractivity contribution in [1.82, 2.24) is 10.6 Å². The van der Waals surface area contributed by atoms with Crippen molar-refractivity contribution >= 4 is 5.91 Å². The van der Waals surface area contributed by atoms with Gasteiger partial charge in [-0.05, 0) is 38.6 Å². The Bertz CT molecular complexity index is 242. The molecule has 2 fully saturated rings. The third kappa shape index (κ3) is 2.40. The molecule has 0 heterocycles. The van der Waals surface area contributed by atoms with Gasteiger partial charge in [-0.15, -0.1) is 0 Å². The summed E-state index contributed by atoms with van der Waals surface area (Å²) in [5.74, 6) is 1.04. The zero-order valence-corrected chi connectivity index (χ0v) is 10.3. The fourth-order valence-electron chi connectivity index (χ4n) is 3.07. The van der Waals surface area contributed by atoms with E-state index in [4.69, 9.17) is 0 Å². The van der Waals surface area contributed by atoms with E-state index in [0.717, 1.165) is 31.8 Å². The van der Waals surface area contributed by atoms with Crippen molar-refractivity contribution in [3.8, 4) is 0 Å². The second-order valence-corrected chi connectivity index (χ2v) is 5.52. The zero-order valence-electron chi connectivity index (χ0n) is 10.3. The first kappa shape index (κ1) is 11.9. The molecule has 0 unspecified atom stereocenters. The van der Waals surface area contributed by atoms with Gasteiger partial charge in [0, 0.05) is 13.1 Å². The van der Waals surface area contributed by atoms with Gasteiger partial charge in [0.2, 0.25) is 5.91 Å². The lowest BCUT2D eigenvalue weighted by molar-refractivity contribution is -0.135. The Hall–Kier alpha value is -0.570. The second-order valence-electron chi connectivity index (χ2n) is 5.52. The van der Waals surface area contributed by atoms with Crippen molar-refractivity contribution in [3.05, 3.63) is 0 Å². The predicted octanol–water partition coefficient (Wildman–Crippen LogP) is 1.68. The standard InChI is InChI=1S/C13H24N2O/c1-14-10-13(7-4-8-13)12(16)15-9-11-5-2-3-6-11/h11,14H,2-10H2,1H3,(H,15,16). The maximum Gasteiger partial charge on any atom is 0.227 e. The number of carbonyl (C=O) groups excluding carboxylic acids is 1. The summed E-state index contributed by atoms with van der Waals surface area (Å²) in [5.41, 5.74) is -0.0760. The molecule has 1 amide bonds. The Morgan fingerprint density at radius 1 is 1.25 bits per heavy atom. The van der Waals surface area contributed by atoms with E-state index in [-0.39, 0.29) is 5.41 Å². The molecular weight excluding hydrogens is 200 g/mol. The van der Waals surface area contributed by atoms with Crippen LogP contribution in [0.2, 0.25) is 0 Å². The minimum absolute atomic E-state index is 0.0760. The number of carbonyl (C=O) groups is 1. The topological polar surface area (TPSA) is 41.1 Å². The number of hydrogen-bond donors (Lipinski definition) is 2. The Morgan fingerprint density at radius 3 is 2.44 bits per heavy atom. The average molecular weight is 224 g/mol. The summed E-state index contributed by atoms with van der Waals surface area (Å²) in [4.78, 5) is 12.1. The first-order chi connectivity index (χ1) is 7.77. The number of rotatable bonds is 5. The van der Waals surface area contributed by atoms with Gasteiger partial charge in [-0.3, -0.25) is 4.79 Å². The molecule has 0 aromatic heterocycles. The summed E-state index contributed by atoms with van der Waals surface area (Å²) in [7, 11) is 1.93. The van der Waals surface area contributed by atoms with E-state index in [1.807, 2.05) is 7.05 Å². The van der Waals surface area contributed by atoms with E-state index in [0.29, 0.717) is 5.91 Å². The highest BCUT2D eigenvalue weighted by molar-refractivity contribution is 5.83. The van der Waals surface area contributed by atoms with Crippen molar-refractivity contribution in [1.29, 1.82) is 0 Å². The van der Waals surface area contributed by atoms with Crippen LogP contribution >= 0.6 is 0 Å². The SMILES string of the molecule is CNCC1(C(=O)NCC2CCCC2)CCC1. The molecule has 0 bridgehead atoms. The summed E-state index contributed by atoms with van der Waals surface area (Å²) < 4.78 is 0. The molecule has 3 nitrogen and oxygen atoms in total. The molecule has 16 heavy (non-hydrogen) atoms. The molecule has 0 aromatic rings. The van der Waals surface area contributed by atoms with Crippen molar-refractivity contribution in [3.63, 3.8) is 0 Å². The Balaban J connectivity index is 1.77. The van der Waals surface area contributed by atoms with Crippen molar-refractivity contribution in [2.24, 2.45) is 11.3 Å². The Kier molecular flexibility index (Phi) is 3.85. The molecule has 2 rings (SSSR count). The van der Waals surface area contributed by atoms with Gasteiger partial charge in [0.1, 0.15) is 0 Å². The third-order valence-electron chi connectivity index (χ3n) is 4.33.